The minimum Gasteiger partial charge on any atom is -0.345 e. The van der Waals surface area contributed by atoms with Crippen molar-refractivity contribution in [2.24, 2.45) is 0 Å². The first-order valence-corrected chi connectivity index (χ1v) is 4.60. The number of nitrogens with one attached hydrogen (secondary N) is 1. The molecule has 0 radical (unpaired) electrons. The highest BCUT2D eigenvalue weighted by Crippen LogP contribution is 2.23. The number of hydrogen-bond donors (Lipinski definition) is 1. The van der Waals surface area contributed by atoms with Gasteiger partial charge in [-0.25, -0.2) is 8.78 Å². The first-order valence-electron chi connectivity index (χ1n) is 4.60. The van der Waals surface area contributed by atoms with Gasteiger partial charge in [-0.15, -0.1) is 0 Å². The van der Waals surface area contributed by atoms with Crippen molar-refractivity contribution in [3.05, 3.63) is 29.8 Å². The van der Waals surface area contributed by atoms with E-state index >= 15 is 0 Å². The molecule has 2 amide bonds. The Morgan fingerprint density at radius 3 is 2.44 bits per heavy atom. The summed E-state index contributed by atoms with van der Waals surface area (Å²) in [6, 6.07) is 3.28. The molecular weight excluding hydrogens is 218 g/mol. The number of hydrogen-bond acceptors (Lipinski definition) is 2. The molecule has 2 rings (SSSR count). The Morgan fingerprint density at radius 2 is 1.81 bits per heavy atom. The van der Waals surface area contributed by atoms with Gasteiger partial charge in [0, 0.05) is 0 Å². The van der Waals surface area contributed by atoms with Gasteiger partial charge in [-0.1, -0.05) is 6.07 Å². The molecule has 1 aromatic rings. The van der Waals surface area contributed by atoms with Crippen molar-refractivity contribution < 1.29 is 18.4 Å². The highest BCUT2D eigenvalue weighted by Gasteiger charge is 2.28. The zero-order chi connectivity index (χ0) is 11.7. The molecular formula is C10H8F2N2O2. The Morgan fingerprint density at radius 1 is 1.19 bits per heavy atom. The molecule has 84 valence electrons. The van der Waals surface area contributed by atoms with Crippen LogP contribution >= 0.6 is 0 Å². The molecule has 0 spiro atoms. The third kappa shape index (κ3) is 1.73. The monoisotopic (exact) mass is 226 g/mol. The van der Waals surface area contributed by atoms with Gasteiger partial charge in [0.25, 0.3) is 0 Å². The van der Waals surface area contributed by atoms with E-state index in [1.807, 2.05) is 0 Å². The molecule has 1 N–H and O–H groups in total. The van der Waals surface area contributed by atoms with E-state index in [1.165, 1.54) is 6.07 Å². The summed E-state index contributed by atoms with van der Waals surface area (Å²) in [6.07, 6.45) is 0. The second-order valence-corrected chi connectivity index (χ2v) is 3.33. The molecule has 0 saturated carbocycles. The minimum absolute atomic E-state index is 0.243. The van der Waals surface area contributed by atoms with Crippen molar-refractivity contribution in [2.45, 2.75) is 0 Å². The molecule has 0 unspecified atom stereocenters. The highest BCUT2D eigenvalue weighted by molar-refractivity contribution is 6.04. The summed E-state index contributed by atoms with van der Waals surface area (Å²) < 4.78 is 26.7. The molecule has 1 aromatic carbocycles. The summed E-state index contributed by atoms with van der Waals surface area (Å²) in [4.78, 5) is 23.3. The first-order chi connectivity index (χ1) is 7.59. The van der Waals surface area contributed by atoms with Crippen LogP contribution in [0.4, 0.5) is 14.5 Å². The average molecular weight is 226 g/mol. The van der Waals surface area contributed by atoms with Gasteiger partial charge in [-0.3, -0.25) is 14.5 Å². The number of benzene rings is 1. The second-order valence-electron chi connectivity index (χ2n) is 3.33. The molecule has 0 atom stereocenters. The van der Waals surface area contributed by atoms with Crippen molar-refractivity contribution in [1.82, 2.24) is 5.32 Å². The van der Waals surface area contributed by atoms with Gasteiger partial charge < -0.3 is 5.32 Å². The van der Waals surface area contributed by atoms with E-state index in [2.05, 4.69) is 5.32 Å². The molecule has 0 aliphatic carbocycles. The fraction of sp³-hybridized carbons (Fsp3) is 0.200. The molecule has 1 aliphatic heterocycles. The van der Waals surface area contributed by atoms with Gasteiger partial charge in [0.1, 0.15) is 23.9 Å². The van der Waals surface area contributed by atoms with E-state index in [0.29, 0.717) is 0 Å². The van der Waals surface area contributed by atoms with Gasteiger partial charge in [-0.05, 0) is 12.1 Å². The Hall–Kier alpha value is -1.98. The standard InChI is InChI=1S/C10H8F2N2O2/c11-6-2-1-3-7(12)10(6)14-5-8(15)13-4-9(14)16/h1-3H,4-5H2,(H,13,15). The van der Waals surface area contributed by atoms with Crippen LogP contribution in [0.2, 0.25) is 0 Å². The molecule has 4 nitrogen and oxygen atoms in total. The molecule has 0 aromatic heterocycles. The topological polar surface area (TPSA) is 49.4 Å². The van der Waals surface area contributed by atoms with Gasteiger partial charge >= 0.3 is 0 Å². The average Bonchev–Trinajstić information content (AvgIpc) is 2.23. The fourth-order valence-electron chi connectivity index (χ4n) is 1.51. The lowest BCUT2D eigenvalue weighted by Crippen LogP contribution is -2.52. The van der Waals surface area contributed by atoms with E-state index in [0.717, 1.165) is 17.0 Å². The van der Waals surface area contributed by atoms with E-state index in [1.54, 1.807) is 0 Å². The molecule has 6 heteroatoms. The quantitative estimate of drug-likeness (QED) is 0.754. The summed E-state index contributed by atoms with van der Waals surface area (Å²) in [5.41, 5.74) is -0.470. The van der Waals surface area contributed by atoms with Crippen LogP contribution in [0.1, 0.15) is 0 Å². The van der Waals surface area contributed by atoms with E-state index < -0.39 is 29.1 Å². The van der Waals surface area contributed by atoms with Crippen molar-refractivity contribution in [2.75, 3.05) is 18.0 Å². The van der Waals surface area contributed by atoms with Crippen LogP contribution < -0.4 is 10.2 Å². The van der Waals surface area contributed by atoms with Crippen LogP contribution in [0.5, 0.6) is 0 Å². The van der Waals surface area contributed by atoms with Crippen LogP contribution in [0.25, 0.3) is 0 Å². The van der Waals surface area contributed by atoms with E-state index in [9.17, 15) is 18.4 Å². The van der Waals surface area contributed by atoms with Crippen molar-refractivity contribution in [1.29, 1.82) is 0 Å². The van der Waals surface area contributed by atoms with Gasteiger partial charge in [0.15, 0.2) is 0 Å². The number of anilines is 1. The minimum atomic E-state index is -0.858. The molecule has 1 heterocycles. The number of para-hydroxylation sites is 1. The lowest BCUT2D eigenvalue weighted by atomic mass is 10.2. The number of rotatable bonds is 1. The van der Waals surface area contributed by atoms with E-state index in [4.69, 9.17) is 0 Å². The zero-order valence-corrected chi connectivity index (χ0v) is 8.17. The van der Waals surface area contributed by atoms with Crippen LogP contribution in [-0.4, -0.2) is 24.9 Å². The van der Waals surface area contributed by atoms with Crippen LogP contribution in [-0.2, 0) is 9.59 Å². The Balaban J connectivity index is 2.42. The highest BCUT2D eigenvalue weighted by atomic mass is 19.1. The smallest absolute Gasteiger partial charge is 0.247 e. The number of piperazine rings is 1. The number of nitrogens with zero attached hydrogens (tertiary/aromatic N) is 1. The SMILES string of the molecule is O=C1CN(c2c(F)cccc2F)C(=O)CN1. The van der Waals surface area contributed by atoms with Crippen molar-refractivity contribution in [3.8, 4) is 0 Å². The Labute approximate surface area is 89.8 Å². The number of halogens is 2. The first kappa shape index (κ1) is 10.5. The van der Waals surface area contributed by atoms with Crippen LogP contribution in [0.3, 0.4) is 0 Å². The summed E-state index contributed by atoms with van der Waals surface area (Å²) >= 11 is 0. The molecule has 0 bridgehead atoms. The molecule has 1 saturated heterocycles. The van der Waals surface area contributed by atoms with Gasteiger partial charge in [-0.2, -0.15) is 0 Å². The molecule has 1 aliphatic rings. The fourth-order valence-corrected chi connectivity index (χ4v) is 1.51. The Bertz CT molecular complexity index is 442. The summed E-state index contributed by atoms with van der Waals surface area (Å²) in [5.74, 6) is -2.70. The maximum atomic E-state index is 13.4. The van der Waals surface area contributed by atoms with Gasteiger partial charge in [0.2, 0.25) is 11.8 Å². The van der Waals surface area contributed by atoms with Gasteiger partial charge in [0.05, 0.1) is 6.54 Å². The normalized spacial score (nSPS) is 16.2. The number of carbonyl (C=O) groups is 2. The number of carbonyl (C=O) groups excluding carboxylic acids is 2. The third-order valence-corrected chi connectivity index (χ3v) is 2.25. The molecule has 16 heavy (non-hydrogen) atoms. The lowest BCUT2D eigenvalue weighted by Gasteiger charge is -2.27. The van der Waals surface area contributed by atoms with E-state index in [-0.39, 0.29) is 13.1 Å². The summed E-state index contributed by atoms with van der Waals surface area (Å²) in [7, 11) is 0. The zero-order valence-electron chi connectivity index (χ0n) is 8.17. The van der Waals surface area contributed by atoms with Crippen molar-refractivity contribution in [3.63, 3.8) is 0 Å². The van der Waals surface area contributed by atoms with Crippen LogP contribution in [0, 0.1) is 11.6 Å². The van der Waals surface area contributed by atoms with Crippen LogP contribution in [0.15, 0.2) is 18.2 Å². The van der Waals surface area contributed by atoms with Crippen molar-refractivity contribution >= 4 is 17.5 Å². The largest absolute Gasteiger partial charge is 0.345 e. The Kier molecular flexibility index (Phi) is 2.55. The lowest BCUT2D eigenvalue weighted by molar-refractivity contribution is -0.128. The predicted octanol–water partition coefficient (Wildman–Crippen LogP) is 0.428. The molecule has 1 fully saturated rings. The predicted molar refractivity (Wildman–Crippen MR) is 51.7 cm³/mol. The number of amides is 2. The third-order valence-electron chi connectivity index (χ3n) is 2.25. The second kappa shape index (κ2) is 3.88. The summed E-state index contributed by atoms with van der Waals surface area (Å²) in [6.45, 7) is -0.608. The maximum Gasteiger partial charge on any atom is 0.247 e. The maximum absolute atomic E-state index is 13.4. The summed E-state index contributed by atoms with van der Waals surface area (Å²) in [5, 5.41) is 2.30.